The lowest BCUT2D eigenvalue weighted by Crippen LogP contribution is -2.04. The van der Waals surface area contributed by atoms with E-state index in [9.17, 15) is 0 Å². The molecule has 0 fully saturated rings. The monoisotopic (exact) mass is 190 g/mol. The van der Waals surface area contributed by atoms with Crippen LogP contribution in [0.15, 0.2) is 12.1 Å². The number of hydrogen-bond donors (Lipinski definition) is 1. The first-order valence-corrected chi connectivity index (χ1v) is 4.88. The second kappa shape index (κ2) is 3.29. The van der Waals surface area contributed by atoms with E-state index in [1.165, 1.54) is 0 Å². The normalized spacial score (nSPS) is 11.0. The summed E-state index contributed by atoms with van der Waals surface area (Å²) in [5, 5.41) is 4.34. The van der Waals surface area contributed by atoms with Gasteiger partial charge >= 0.3 is 0 Å². The molecule has 2 heterocycles. The molecule has 0 aliphatic rings. The molecular formula is C10H14N4. The maximum absolute atomic E-state index is 5.79. The van der Waals surface area contributed by atoms with Crippen molar-refractivity contribution >= 4 is 11.5 Å². The van der Waals surface area contributed by atoms with Gasteiger partial charge < -0.3 is 5.73 Å². The molecule has 0 saturated carbocycles. The molecule has 0 atom stereocenters. The van der Waals surface area contributed by atoms with E-state index in [0.29, 0.717) is 5.95 Å². The molecule has 0 spiro atoms. The zero-order valence-corrected chi connectivity index (χ0v) is 8.49. The smallest absolute Gasteiger partial charge is 0.221 e. The van der Waals surface area contributed by atoms with E-state index in [1.807, 2.05) is 6.07 Å². The molecule has 4 nitrogen and oxygen atoms in total. The molecule has 2 N–H and O–H groups in total. The molecule has 2 aromatic heterocycles. The highest BCUT2D eigenvalue weighted by molar-refractivity contribution is 5.52. The summed E-state index contributed by atoms with van der Waals surface area (Å²) in [6.45, 7) is 4.14. The molecule has 0 aliphatic heterocycles. The third-order valence-electron chi connectivity index (χ3n) is 2.30. The SMILES string of the molecule is CCc1cc2cc(CC)nn2c(N)n1. The van der Waals surface area contributed by atoms with Crippen molar-refractivity contribution in [1.29, 1.82) is 0 Å². The fourth-order valence-electron chi connectivity index (χ4n) is 1.48. The number of nitrogens with zero attached hydrogens (tertiary/aromatic N) is 3. The van der Waals surface area contributed by atoms with Crippen LogP contribution in [0.4, 0.5) is 5.95 Å². The molecular weight excluding hydrogens is 176 g/mol. The summed E-state index contributed by atoms with van der Waals surface area (Å²) >= 11 is 0. The fourth-order valence-corrected chi connectivity index (χ4v) is 1.48. The molecule has 74 valence electrons. The first kappa shape index (κ1) is 8.99. The van der Waals surface area contributed by atoms with Crippen LogP contribution in [0.3, 0.4) is 0 Å². The number of aryl methyl sites for hydroxylation is 2. The van der Waals surface area contributed by atoms with Crippen molar-refractivity contribution in [2.75, 3.05) is 5.73 Å². The van der Waals surface area contributed by atoms with Crippen LogP contribution in [0, 0.1) is 0 Å². The second-order valence-electron chi connectivity index (χ2n) is 3.29. The summed E-state index contributed by atoms with van der Waals surface area (Å²) in [6, 6.07) is 4.08. The van der Waals surface area contributed by atoms with Crippen LogP contribution >= 0.6 is 0 Å². The zero-order chi connectivity index (χ0) is 10.1. The van der Waals surface area contributed by atoms with Crippen molar-refractivity contribution in [3.05, 3.63) is 23.5 Å². The quantitative estimate of drug-likeness (QED) is 0.779. The Morgan fingerprint density at radius 2 is 1.86 bits per heavy atom. The minimum absolute atomic E-state index is 0.471. The van der Waals surface area contributed by atoms with Crippen LogP contribution in [-0.4, -0.2) is 14.6 Å². The van der Waals surface area contributed by atoms with Gasteiger partial charge in [0.2, 0.25) is 5.95 Å². The van der Waals surface area contributed by atoms with Crippen LogP contribution in [-0.2, 0) is 12.8 Å². The summed E-state index contributed by atoms with van der Waals surface area (Å²) < 4.78 is 1.69. The second-order valence-corrected chi connectivity index (χ2v) is 3.29. The number of hydrogen-bond acceptors (Lipinski definition) is 3. The topological polar surface area (TPSA) is 56.2 Å². The van der Waals surface area contributed by atoms with E-state index in [0.717, 1.165) is 29.7 Å². The number of nitrogen functional groups attached to an aromatic ring is 1. The Bertz CT molecular complexity index is 458. The van der Waals surface area contributed by atoms with Gasteiger partial charge in [-0.15, -0.1) is 0 Å². The van der Waals surface area contributed by atoms with Crippen molar-refractivity contribution in [3.8, 4) is 0 Å². The highest BCUT2D eigenvalue weighted by Gasteiger charge is 2.05. The Balaban J connectivity index is 2.67. The Kier molecular flexibility index (Phi) is 2.11. The van der Waals surface area contributed by atoms with Gasteiger partial charge in [0, 0.05) is 5.69 Å². The molecule has 4 heteroatoms. The molecule has 2 aromatic rings. The van der Waals surface area contributed by atoms with Crippen molar-refractivity contribution in [1.82, 2.24) is 14.6 Å². The molecule has 0 saturated heterocycles. The van der Waals surface area contributed by atoms with Gasteiger partial charge in [0.15, 0.2) is 0 Å². The van der Waals surface area contributed by atoms with Crippen LogP contribution < -0.4 is 5.73 Å². The van der Waals surface area contributed by atoms with Crippen molar-refractivity contribution in [3.63, 3.8) is 0 Å². The van der Waals surface area contributed by atoms with Crippen LogP contribution in [0.1, 0.15) is 25.2 Å². The Labute approximate surface area is 82.8 Å². The number of aromatic nitrogens is 3. The highest BCUT2D eigenvalue weighted by atomic mass is 15.3. The predicted octanol–water partition coefficient (Wildman–Crippen LogP) is 1.44. The van der Waals surface area contributed by atoms with E-state index >= 15 is 0 Å². The van der Waals surface area contributed by atoms with Gasteiger partial charge in [-0.2, -0.15) is 5.10 Å². The standard InChI is InChI=1S/C10H14N4/c1-3-7-5-9-6-8(4-2)13-14(9)10(11)12-7/h5-6H,3-4H2,1-2H3,(H2,11,12). The van der Waals surface area contributed by atoms with E-state index in [-0.39, 0.29) is 0 Å². The van der Waals surface area contributed by atoms with E-state index in [4.69, 9.17) is 5.73 Å². The van der Waals surface area contributed by atoms with Crippen LogP contribution in [0.25, 0.3) is 5.52 Å². The van der Waals surface area contributed by atoms with E-state index in [1.54, 1.807) is 4.52 Å². The zero-order valence-electron chi connectivity index (χ0n) is 8.49. The van der Waals surface area contributed by atoms with Crippen LogP contribution in [0.2, 0.25) is 0 Å². The summed E-state index contributed by atoms with van der Waals surface area (Å²) in [6.07, 6.45) is 1.82. The molecule has 14 heavy (non-hydrogen) atoms. The Morgan fingerprint density at radius 1 is 1.21 bits per heavy atom. The number of nitrogens with two attached hydrogens (primary N) is 1. The minimum Gasteiger partial charge on any atom is -0.368 e. The first-order valence-electron chi connectivity index (χ1n) is 4.88. The lowest BCUT2D eigenvalue weighted by Gasteiger charge is -2.00. The molecule has 0 aromatic carbocycles. The summed E-state index contributed by atoms with van der Waals surface area (Å²) in [5.41, 5.74) is 8.88. The van der Waals surface area contributed by atoms with Crippen LogP contribution in [0.5, 0.6) is 0 Å². The third kappa shape index (κ3) is 1.32. The summed E-state index contributed by atoms with van der Waals surface area (Å²) in [5.74, 6) is 0.471. The molecule has 0 bridgehead atoms. The number of rotatable bonds is 2. The van der Waals surface area contributed by atoms with Gasteiger partial charge in [0.1, 0.15) is 0 Å². The summed E-state index contributed by atoms with van der Waals surface area (Å²) in [4.78, 5) is 4.25. The lowest BCUT2D eigenvalue weighted by molar-refractivity contribution is 0.872. The number of anilines is 1. The predicted molar refractivity (Wildman–Crippen MR) is 56.2 cm³/mol. The average molecular weight is 190 g/mol. The molecule has 0 aliphatic carbocycles. The van der Waals surface area contributed by atoms with Gasteiger partial charge in [-0.3, -0.25) is 0 Å². The largest absolute Gasteiger partial charge is 0.368 e. The summed E-state index contributed by atoms with van der Waals surface area (Å²) in [7, 11) is 0. The Hall–Kier alpha value is -1.58. The third-order valence-corrected chi connectivity index (χ3v) is 2.30. The molecule has 0 radical (unpaired) electrons. The lowest BCUT2D eigenvalue weighted by atomic mass is 10.3. The van der Waals surface area contributed by atoms with Gasteiger partial charge in [-0.25, -0.2) is 9.50 Å². The van der Waals surface area contributed by atoms with Gasteiger partial charge in [0.05, 0.1) is 11.2 Å². The number of fused-ring (bicyclic) bond motifs is 1. The van der Waals surface area contributed by atoms with Gasteiger partial charge in [-0.1, -0.05) is 13.8 Å². The fraction of sp³-hybridized carbons (Fsp3) is 0.400. The van der Waals surface area contributed by atoms with Crippen molar-refractivity contribution in [2.45, 2.75) is 26.7 Å². The van der Waals surface area contributed by atoms with E-state index in [2.05, 4.69) is 30.0 Å². The molecule has 0 unspecified atom stereocenters. The van der Waals surface area contributed by atoms with E-state index < -0.39 is 0 Å². The molecule has 2 rings (SSSR count). The molecule has 0 amide bonds. The van der Waals surface area contributed by atoms with Gasteiger partial charge in [0.25, 0.3) is 0 Å². The average Bonchev–Trinajstić information content (AvgIpc) is 2.61. The van der Waals surface area contributed by atoms with Gasteiger partial charge in [-0.05, 0) is 25.0 Å². The highest BCUT2D eigenvalue weighted by Crippen LogP contribution is 2.12. The van der Waals surface area contributed by atoms with Crippen molar-refractivity contribution < 1.29 is 0 Å². The maximum Gasteiger partial charge on any atom is 0.221 e. The van der Waals surface area contributed by atoms with Crippen molar-refractivity contribution in [2.24, 2.45) is 0 Å². The maximum atomic E-state index is 5.79. The Morgan fingerprint density at radius 3 is 2.50 bits per heavy atom. The first-order chi connectivity index (χ1) is 6.74. The minimum atomic E-state index is 0.471.